The molecule has 0 radical (unpaired) electrons. The number of rotatable bonds is 33. The highest BCUT2D eigenvalue weighted by Crippen LogP contribution is 2.43. The van der Waals surface area contributed by atoms with Crippen molar-refractivity contribution in [2.75, 3.05) is 19.8 Å². The highest BCUT2D eigenvalue weighted by atomic mass is 31.2. The molecule has 0 heterocycles. The van der Waals surface area contributed by atoms with Gasteiger partial charge in [-0.25, -0.2) is 4.57 Å². The summed E-state index contributed by atoms with van der Waals surface area (Å²) >= 11 is 0. The molecule has 1 amide bonds. The van der Waals surface area contributed by atoms with Crippen LogP contribution in [-0.2, 0) is 18.4 Å². The predicted octanol–water partition coefficient (Wildman–Crippen LogP) is 8.72. The van der Waals surface area contributed by atoms with E-state index in [0.717, 1.165) is 38.5 Å². The minimum Gasteiger partial charge on any atom is -0.391 e. The third-order valence-electron chi connectivity index (χ3n) is 7.96. The molecule has 0 aromatic rings. The Morgan fingerprint density at radius 1 is 0.690 bits per heavy atom. The van der Waals surface area contributed by atoms with Crippen molar-refractivity contribution in [1.29, 1.82) is 0 Å². The van der Waals surface area contributed by atoms with Crippen molar-refractivity contribution in [3.63, 3.8) is 0 Å². The Bertz CT molecular complexity index is 640. The van der Waals surface area contributed by atoms with Gasteiger partial charge in [0.2, 0.25) is 5.91 Å². The molecule has 8 nitrogen and oxygen atoms in total. The monoisotopic (exact) mass is 620 g/mol. The summed E-state index contributed by atoms with van der Waals surface area (Å²) in [6.45, 7) is 4.18. The molecular weight excluding hydrogens is 551 g/mol. The van der Waals surface area contributed by atoms with Gasteiger partial charge in [0.25, 0.3) is 0 Å². The van der Waals surface area contributed by atoms with Crippen LogP contribution in [0.4, 0.5) is 0 Å². The van der Waals surface area contributed by atoms with E-state index in [1.807, 2.05) is 0 Å². The normalized spacial score (nSPS) is 14.5. The fourth-order valence-electron chi connectivity index (χ4n) is 5.25. The number of phosphoric acid groups is 1. The SMILES string of the molecule is CCCCCCCCCCCCCCC(=O)N[C@@H](COP(=O)(O)OCCN)[C@H](O)CCCCCCCCCCCCC. The zero-order chi connectivity index (χ0) is 31.2. The lowest BCUT2D eigenvalue weighted by atomic mass is 10.0. The molecule has 0 saturated carbocycles. The molecule has 5 N–H and O–H groups in total. The van der Waals surface area contributed by atoms with Crippen LogP contribution >= 0.6 is 7.82 Å². The summed E-state index contributed by atoms with van der Waals surface area (Å²) < 4.78 is 22.0. The topological polar surface area (TPSA) is 131 Å². The Morgan fingerprint density at radius 2 is 1.10 bits per heavy atom. The number of hydrogen-bond donors (Lipinski definition) is 4. The Balaban J connectivity index is 4.28. The van der Waals surface area contributed by atoms with Crippen molar-refractivity contribution in [2.24, 2.45) is 5.73 Å². The van der Waals surface area contributed by atoms with Crippen LogP contribution < -0.4 is 11.1 Å². The van der Waals surface area contributed by atoms with Gasteiger partial charge in [-0.05, 0) is 12.8 Å². The second-order valence-electron chi connectivity index (χ2n) is 12.1. The molecule has 0 rings (SSSR count). The van der Waals surface area contributed by atoms with E-state index in [1.165, 1.54) is 109 Å². The molecule has 42 heavy (non-hydrogen) atoms. The summed E-state index contributed by atoms with van der Waals surface area (Å²) in [5.41, 5.74) is 5.35. The van der Waals surface area contributed by atoms with E-state index in [4.69, 9.17) is 14.8 Å². The second-order valence-corrected chi connectivity index (χ2v) is 13.5. The maximum absolute atomic E-state index is 12.6. The highest BCUT2D eigenvalue weighted by molar-refractivity contribution is 7.47. The first-order chi connectivity index (χ1) is 20.4. The van der Waals surface area contributed by atoms with Crippen LogP contribution in [0.2, 0.25) is 0 Å². The average molecular weight is 621 g/mol. The fraction of sp³-hybridized carbons (Fsp3) is 0.970. The molecule has 0 aromatic carbocycles. The molecule has 0 saturated heterocycles. The molecule has 0 aliphatic carbocycles. The molecule has 0 aromatic heterocycles. The molecule has 9 heteroatoms. The number of unbranched alkanes of at least 4 members (excludes halogenated alkanes) is 21. The summed E-state index contributed by atoms with van der Waals surface area (Å²) in [5, 5.41) is 13.7. The smallest absolute Gasteiger partial charge is 0.391 e. The fourth-order valence-corrected chi connectivity index (χ4v) is 6.01. The number of aliphatic hydroxyl groups excluding tert-OH is 1. The van der Waals surface area contributed by atoms with Gasteiger partial charge >= 0.3 is 7.82 Å². The molecule has 0 aliphatic rings. The minimum atomic E-state index is -4.29. The van der Waals surface area contributed by atoms with Gasteiger partial charge in [-0.15, -0.1) is 0 Å². The number of nitrogens with two attached hydrogens (primary N) is 1. The van der Waals surface area contributed by atoms with E-state index in [0.29, 0.717) is 12.8 Å². The van der Waals surface area contributed by atoms with Crippen LogP contribution in [0, 0.1) is 0 Å². The number of aliphatic hydroxyl groups is 1. The largest absolute Gasteiger partial charge is 0.472 e. The molecule has 0 aliphatic heterocycles. The Hall–Kier alpha value is -0.500. The van der Waals surface area contributed by atoms with Gasteiger partial charge in [0.1, 0.15) is 0 Å². The predicted molar refractivity (Wildman–Crippen MR) is 175 cm³/mol. The summed E-state index contributed by atoms with van der Waals surface area (Å²) in [5.74, 6) is -0.163. The van der Waals surface area contributed by atoms with Crippen LogP contribution in [0.3, 0.4) is 0 Å². The van der Waals surface area contributed by atoms with Crippen molar-refractivity contribution in [3.8, 4) is 0 Å². The standard InChI is InChI=1S/C33H69N2O6P/c1-3-5-7-9-11-13-15-17-19-21-23-25-27-33(37)35-31(30-41-42(38,39)40-29-28-34)32(36)26-24-22-20-18-16-14-12-10-8-6-4-2/h31-32,36H,3-30,34H2,1-2H3,(H,35,37)(H,38,39)/t31-,32+/m0/s1. The second kappa shape index (κ2) is 30.5. The first kappa shape index (κ1) is 41.5. The summed E-state index contributed by atoms with van der Waals surface area (Å²) in [6.07, 6.45) is 28.1. The zero-order valence-corrected chi connectivity index (χ0v) is 28.4. The molecule has 0 fully saturated rings. The third-order valence-corrected chi connectivity index (χ3v) is 8.95. The number of hydrogen-bond acceptors (Lipinski definition) is 6. The van der Waals surface area contributed by atoms with E-state index in [9.17, 15) is 19.4 Å². The number of amides is 1. The van der Waals surface area contributed by atoms with E-state index in [2.05, 4.69) is 19.2 Å². The lowest BCUT2D eigenvalue weighted by Gasteiger charge is -2.25. The summed E-state index contributed by atoms with van der Waals surface area (Å²) in [4.78, 5) is 22.5. The minimum absolute atomic E-state index is 0.0919. The van der Waals surface area contributed by atoms with Crippen molar-refractivity contribution >= 4 is 13.7 Å². The summed E-state index contributed by atoms with van der Waals surface area (Å²) in [6, 6.07) is -0.764. The van der Waals surface area contributed by atoms with Crippen LogP contribution in [0.15, 0.2) is 0 Å². The van der Waals surface area contributed by atoms with Crippen molar-refractivity contribution in [1.82, 2.24) is 5.32 Å². The van der Waals surface area contributed by atoms with E-state index in [-0.39, 0.29) is 25.7 Å². The van der Waals surface area contributed by atoms with Crippen LogP contribution in [0.1, 0.15) is 174 Å². The first-order valence-corrected chi connectivity index (χ1v) is 19.1. The number of carbonyl (C=O) groups is 1. The highest BCUT2D eigenvalue weighted by Gasteiger charge is 2.27. The van der Waals surface area contributed by atoms with E-state index < -0.39 is 20.0 Å². The van der Waals surface area contributed by atoms with Crippen molar-refractivity contribution in [2.45, 2.75) is 187 Å². The van der Waals surface area contributed by atoms with Crippen LogP contribution in [0.5, 0.6) is 0 Å². The van der Waals surface area contributed by atoms with Gasteiger partial charge < -0.3 is 21.1 Å². The van der Waals surface area contributed by atoms with Crippen molar-refractivity contribution in [3.05, 3.63) is 0 Å². The van der Waals surface area contributed by atoms with E-state index >= 15 is 0 Å². The Kier molecular flexibility index (Phi) is 30.2. The van der Waals surface area contributed by atoms with Gasteiger partial charge in [0.15, 0.2) is 0 Å². The van der Waals surface area contributed by atoms with Gasteiger partial charge in [0, 0.05) is 13.0 Å². The average Bonchev–Trinajstić information content (AvgIpc) is 2.97. The van der Waals surface area contributed by atoms with Gasteiger partial charge in [0.05, 0.1) is 25.4 Å². The number of carbonyl (C=O) groups excluding carboxylic acids is 1. The number of phosphoric ester groups is 1. The third kappa shape index (κ3) is 28.3. The molecule has 252 valence electrons. The lowest BCUT2D eigenvalue weighted by Crippen LogP contribution is -2.46. The molecule has 0 spiro atoms. The first-order valence-electron chi connectivity index (χ1n) is 17.7. The Labute approximate surface area is 259 Å². The molecule has 1 unspecified atom stereocenters. The quantitative estimate of drug-likeness (QED) is 0.0426. The summed E-state index contributed by atoms with van der Waals surface area (Å²) in [7, 11) is -4.29. The van der Waals surface area contributed by atoms with Crippen LogP contribution in [-0.4, -0.2) is 47.8 Å². The maximum atomic E-state index is 12.6. The van der Waals surface area contributed by atoms with Gasteiger partial charge in [-0.1, -0.05) is 155 Å². The maximum Gasteiger partial charge on any atom is 0.472 e. The van der Waals surface area contributed by atoms with Crippen LogP contribution in [0.25, 0.3) is 0 Å². The molecule has 0 bridgehead atoms. The van der Waals surface area contributed by atoms with E-state index in [1.54, 1.807) is 0 Å². The van der Waals surface area contributed by atoms with Gasteiger partial charge in [-0.3, -0.25) is 13.8 Å². The molecule has 3 atom stereocenters. The zero-order valence-electron chi connectivity index (χ0n) is 27.5. The lowest BCUT2D eigenvalue weighted by molar-refractivity contribution is -0.123. The van der Waals surface area contributed by atoms with Gasteiger partial charge in [-0.2, -0.15) is 0 Å². The van der Waals surface area contributed by atoms with Crippen molar-refractivity contribution < 1.29 is 28.4 Å². The number of nitrogens with one attached hydrogen (secondary N) is 1. The molecular formula is C33H69N2O6P. The Morgan fingerprint density at radius 3 is 1.52 bits per heavy atom.